The largest absolute Gasteiger partial charge is 0.480 e. The van der Waals surface area contributed by atoms with E-state index >= 15 is 0 Å². The third-order valence-electron chi connectivity index (χ3n) is 4.78. The number of fused-ring (bicyclic) bond motifs is 1. The maximum atomic E-state index is 12.7. The molecule has 1 aromatic carbocycles. The van der Waals surface area contributed by atoms with Crippen LogP contribution in [-0.2, 0) is 21.2 Å². The highest BCUT2D eigenvalue weighted by atomic mass is 32.2. The van der Waals surface area contributed by atoms with Crippen LogP contribution in [0.5, 0.6) is 5.75 Å². The quantitative estimate of drug-likeness (QED) is 0.800. The Hall–Kier alpha value is -1.90. The van der Waals surface area contributed by atoms with Crippen LogP contribution in [0.4, 0.5) is 0 Å². The van der Waals surface area contributed by atoms with Gasteiger partial charge in [0.25, 0.3) is 15.9 Å². The van der Waals surface area contributed by atoms with Crippen LogP contribution >= 0.6 is 11.3 Å². The van der Waals surface area contributed by atoms with Crippen molar-refractivity contribution in [2.75, 3.05) is 26.2 Å². The lowest BCUT2D eigenvalue weighted by molar-refractivity contribution is -0.139. The van der Waals surface area contributed by atoms with Crippen molar-refractivity contribution in [1.29, 1.82) is 0 Å². The number of rotatable bonds is 3. The number of nitrogens with zero attached hydrogens (tertiary/aromatic N) is 2. The van der Waals surface area contributed by atoms with Gasteiger partial charge >= 0.3 is 0 Å². The van der Waals surface area contributed by atoms with Crippen LogP contribution in [0.2, 0.25) is 0 Å². The summed E-state index contributed by atoms with van der Waals surface area (Å²) in [5.41, 5.74) is 1.04. The first-order valence-electron chi connectivity index (χ1n) is 8.55. The molecule has 1 fully saturated rings. The number of amides is 1. The first-order chi connectivity index (χ1) is 12.4. The van der Waals surface area contributed by atoms with Gasteiger partial charge in [0.05, 0.1) is 0 Å². The van der Waals surface area contributed by atoms with E-state index in [9.17, 15) is 13.2 Å². The number of carbonyl (C=O) groups excluding carboxylic acids is 1. The van der Waals surface area contributed by atoms with Gasteiger partial charge in [0.15, 0.2) is 6.10 Å². The zero-order valence-electron chi connectivity index (χ0n) is 14.4. The number of piperazine rings is 1. The van der Waals surface area contributed by atoms with Gasteiger partial charge < -0.3 is 9.64 Å². The molecule has 0 bridgehead atoms. The van der Waals surface area contributed by atoms with Gasteiger partial charge in [-0.15, -0.1) is 11.3 Å². The summed E-state index contributed by atoms with van der Waals surface area (Å²) in [6.45, 7) is 3.28. The van der Waals surface area contributed by atoms with Gasteiger partial charge in [-0.1, -0.05) is 18.2 Å². The van der Waals surface area contributed by atoms with Crippen molar-refractivity contribution in [2.24, 2.45) is 0 Å². The third-order valence-corrected chi connectivity index (χ3v) is 8.15. The minimum Gasteiger partial charge on any atom is -0.480 e. The summed E-state index contributed by atoms with van der Waals surface area (Å²) in [4.78, 5) is 15.4. The standard InChI is InChI=1S/C18H20N2O4S2/c1-13-6-7-17(25-13)26(22,23)20-10-8-19(9-11-20)18(21)16-12-14-4-2-3-5-15(14)24-16/h2-7,16H,8-12H2,1H3/t16-/m1/s1. The van der Waals surface area contributed by atoms with Crippen LogP contribution in [0.25, 0.3) is 0 Å². The highest BCUT2D eigenvalue weighted by Crippen LogP contribution is 2.30. The fourth-order valence-corrected chi connectivity index (χ4v) is 6.21. The molecule has 1 aromatic heterocycles. The van der Waals surface area contributed by atoms with E-state index in [-0.39, 0.29) is 5.91 Å². The van der Waals surface area contributed by atoms with Crippen molar-refractivity contribution in [3.8, 4) is 5.75 Å². The molecule has 1 saturated heterocycles. The van der Waals surface area contributed by atoms with Crippen LogP contribution < -0.4 is 4.74 Å². The number of hydrogen-bond donors (Lipinski definition) is 0. The SMILES string of the molecule is Cc1ccc(S(=O)(=O)N2CCN(C(=O)[C@H]3Cc4ccccc4O3)CC2)s1. The zero-order chi connectivity index (χ0) is 18.3. The maximum Gasteiger partial charge on any atom is 0.264 e. The van der Waals surface area contributed by atoms with E-state index in [0.29, 0.717) is 36.8 Å². The molecule has 2 aliphatic rings. The van der Waals surface area contributed by atoms with Gasteiger partial charge in [-0.3, -0.25) is 4.79 Å². The van der Waals surface area contributed by atoms with Crippen molar-refractivity contribution in [2.45, 2.75) is 23.7 Å². The molecular weight excluding hydrogens is 372 g/mol. The Morgan fingerprint density at radius 3 is 2.50 bits per heavy atom. The molecule has 1 amide bonds. The number of hydrogen-bond acceptors (Lipinski definition) is 5. The lowest BCUT2D eigenvalue weighted by Crippen LogP contribution is -2.53. The number of carbonyl (C=O) groups is 1. The van der Waals surface area contributed by atoms with Crippen molar-refractivity contribution in [3.63, 3.8) is 0 Å². The van der Waals surface area contributed by atoms with Gasteiger partial charge in [0.2, 0.25) is 0 Å². The summed E-state index contributed by atoms with van der Waals surface area (Å²) in [6.07, 6.45) is 0.0673. The number of benzene rings is 1. The topological polar surface area (TPSA) is 66.9 Å². The Balaban J connectivity index is 1.39. The van der Waals surface area contributed by atoms with E-state index in [4.69, 9.17) is 4.74 Å². The fourth-order valence-electron chi connectivity index (χ4n) is 3.35. The molecule has 138 valence electrons. The van der Waals surface area contributed by atoms with Gasteiger partial charge in [-0.05, 0) is 30.7 Å². The summed E-state index contributed by atoms with van der Waals surface area (Å²) in [7, 11) is -3.47. The van der Waals surface area contributed by atoms with E-state index in [1.54, 1.807) is 11.0 Å². The van der Waals surface area contributed by atoms with E-state index < -0.39 is 16.1 Å². The predicted octanol–water partition coefficient (Wildman–Crippen LogP) is 1.89. The Morgan fingerprint density at radius 2 is 1.85 bits per heavy atom. The number of aryl methyl sites for hydroxylation is 1. The predicted molar refractivity (Wildman–Crippen MR) is 99.0 cm³/mol. The lowest BCUT2D eigenvalue weighted by atomic mass is 10.1. The molecule has 8 heteroatoms. The third kappa shape index (κ3) is 3.13. The molecule has 0 unspecified atom stereocenters. The Morgan fingerprint density at radius 1 is 1.12 bits per heavy atom. The van der Waals surface area contributed by atoms with Crippen molar-refractivity contribution < 1.29 is 17.9 Å². The average molecular weight is 393 g/mol. The van der Waals surface area contributed by atoms with Crippen molar-refractivity contribution in [3.05, 3.63) is 46.8 Å². The second-order valence-electron chi connectivity index (χ2n) is 6.51. The number of sulfonamides is 1. The van der Waals surface area contributed by atoms with Gasteiger partial charge in [0.1, 0.15) is 9.96 Å². The highest BCUT2D eigenvalue weighted by molar-refractivity contribution is 7.91. The summed E-state index contributed by atoms with van der Waals surface area (Å²) in [6, 6.07) is 11.1. The molecule has 26 heavy (non-hydrogen) atoms. The lowest BCUT2D eigenvalue weighted by Gasteiger charge is -2.34. The summed E-state index contributed by atoms with van der Waals surface area (Å²) in [5, 5.41) is 0. The highest BCUT2D eigenvalue weighted by Gasteiger charge is 2.36. The molecule has 1 atom stereocenters. The second-order valence-corrected chi connectivity index (χ2v) is 9.97. The van der Waals surface area contributed by atoms with E-state index in [1.165, 1.54) is 15.6 Å². The van der Waals surface area contributed by atoms with Gasteiger partial charge in [-0.25, -0.2) is 8.42 Å². The normalized spacial score (nSPS) is 20.7. The average Bonchev–Trinajstić information content (AvgIpc) is 3.27. The second kappa shape index (κ2) is 6.68. The Labute approximate surface area is 157 Å². The van der Waals surface area contributed by atoms with E-state index in [0.717, 1.165) is 16.2 Å². The first kappa shape index (κ1) is 17.5. The van der Waals surface area contributed by atoms with E-state index in [1.807, 2.05) is 37.3 Å². The molecule has 0 radical (unpaired) electrons. The van der Waals surface area contributed by atoms with Crippen LogP contribution in [-0.4, -0.2) is 55.8 Å². The van der Waals surface area contributed by atoms with Gasteiger partial charge in [0, 0.05) is 37.5 Å². The van der Waals surface area contributed by atoms with Crippen LogP contribution in [0, 0.1) is 6.92 Å². The molecule has 2 aromatic rings. The molecule has 2 aliphatic heterocycles. The smallest absolute Gasteiger partial charge is 0.264 e. The molecule has 0 spiro atoms. The fraction of sp³-hybridized carbons (Fsp3) is 0.389. The number of ether oxygens (including phenoxy) is 1. The Kier molecular flexibility index (Phi) is 4.50. The van der Waals surface area contributed by atoms with Crippen molar-refractivity contribution in [1.82, 2.24) is 9.21 Å². The van der Waals surface area contributed by atoms with Crippen LogP contribution in [0.1, 0.15) is 10.4 Å². The molecule has 0 saturated carbocycles. The molecule has 4 rings (SSSR count). The minimum absolute atomic E-state index is 0.0646. The molecule has 6 nitrogen and oxygen atoms in total. The summed E-state index contributed by atoms with van der Waals surface area (Å²) in [5.74, 6) is 0.699. The van der Waals surface area contributed by atoms with E-state index in [2.05, 4.69) is 0 Å². The first-order valence-corrected chi connectivity index (χ1v) is 10.8. The monoisotopic (exact) mass is 392 g/mol. The summed E-state index contributed by atoms with van der Waals surface area (Å²) < 4.78 is 33.0. The van der Waals surface area contributed by atoms with Crippen LogP contribution in [0.3, 0.4) is 0 Å². The molecule has 3 heterocycles. The maximum absolute atomic E-state index is 12.7. The number of thiophene rings is 1. The molecule has 0 N–H and O–H groups in total. The molecule has 0 aliphatic carbocycles. The zero-order valence-corrected chi connectivity index (χ0v) is 16.1. The molecular formula is C18H20N2O4S2. The number of para-hydroxylation sites is 1. The summed E-state index contributed by atoms with van der Waals surface area (Å²) >= 11 is 1.28. The van der Waals surface area contributed by atoms with Crippen molar-refractivity contribution >= 4 is 27.3 Å². The van der Waals surface area contributed by atoms with Gasteiger partial charge in [-0.2, -0.15) is 4.31 Å². The minimum atomic E-state index is -3.47. The Bertz CT molecular complexity index is 905. The van der Waals surface area contributed by atoms with Crippen LogP contribution in [0.15, 0.2) is 40.6 Å².